The molecule has 0 fully saturated rings. The van der Waals surface area contributed by atoms with E-state index in [0.29, 0.717) is 6.42 Å². The van der Waals surface area contributed by atoms with Crippen LogP contribution in [0.4, 0.5) is 4.39 Å². The van der Waals surface area contributed by atoms with Crippen molar-refractivity contribution in [2.75, 3.05) is 0 Å². The summed E-state index contributed by atoms with van der Waals surface area (Å²) in [6, 6.07) is 6.11. The first-order chi connectivity index (χ1) is 8.65. The molecule has 5 heteroatoms. The first kappa shape index (κ1) is 12.3. The van der Waals surface area contributed by atoms with Gasteiger partial charge in [0.15, 0.2) is 0 Å². The average molecular weight is 248 g/mol. The van der Waals surface area contributed by atoms with Crippen LogP contribution in [0.1, 0.15) is 23.0 Å². The number of carbonyl (C=O) groups is 1. The van der Waals surface area contributed by atoms with Crippen LogP contribution >= 0.6 is 0 Å². The van der Waals surface area contributed by atoms with Gasteiger partial charge in [-0.05, 0) is 25.1 Å². The summed E-state index contributed by atoms with van der Waals surface area (Å²) in [6.45, 7) is 1.86. The topological polar surface area (TPSA) is 55.1 Å². The summed E-state index contributed by atoms with van der Waals surface area (Å²) >= 11 is 0. The van der Waals surface area contributed by atoms with Crippen molar-refractivity contribution in [1.29, 1.82) is 0 Å². The van der Waals surface area contributed by atoms with Gasteiger partial charge in [-0.2, -0.15) is 4.39 Å². The molecule has 2 aromatic heterocycles. The summed E-state index contributed by atoms with van der Waals surface area (Å²) in [5.74, 6) is -0.194. The molecule has 2 rings (SSSR count). The molecule has 0 aromatic carbocycles. The molecule has 1 N–H and O–H groups in total. The summed E-state index contributed by atoms with van der Waals surface area (Å²) in [5.41, 5.74) is 0.258. The van der Waals surface area contributed by atoms with Crippen molar-refractivity contribution in [3.63, 3.8) is 0 Å². The molecule has 0 radical (unpaired) electrons. The molecule has 0 aliphatic rings. The maximum absolute atomic E-state index is 12.9. The van der Waals surface area contributed by atoms with Gasteiger partial charge >= 0.3 is 0 Å². The third-order valence-electron chi connectivity index (χ3n) is 2.45. The Balaban J connectivity index is 1.95. The van der Waals surface area contributed by atoms with Gasteiger partial charge in [0.1, 0.15) is 5.76 Å². The predicted molar refractivity (Wildman–Crippen MR) is 63.5 cm³/mol. The van der Waals surface area contributed by atoms with Crippen molar-refractivity contribution in [2.45, 2.75) is 19.4 Å². The number of rotatable bonds is 4. The Kier molecular flexibility index (Phi) is 3.72. The van der Waals surface area contributed by atoms with E-state index < -0.39 is 5.95 Å². The Hall–Kier alpha value is -2.17. The van der Waals surface area contributed by atoms with E-state index in [-0.39, 0.29) is 17.5 Å². The Morgan fingerprint density at radius 3 is 3.06 bits per heavy atom. The van der Waals surface area contributed by atoms with Gasteiger partial charge in [-0.1, -0.05) is 0 Å². The van der Waals surface area contributed by atoms with Gasteiger partial charge in [0.2, 0.25) is 5.95 Å². The number of amides is 1. The monoisotopic (exact) mass is 248 g/mol. The summed E-state index contributed by atoms with van der Waals surface area (Å²) < 4.78 is 18.1. The number of hydrogen-bond donors (Lipinski definition) is 1. The molecule has 0 bridgehead atoms. The fraction of sp³-hybridized carbons (Fsp3) is 0.231. The molecule has 2 heterocycles. The fourth-order valence-corrected chi connectivity index (χ4v) is 1.63. The standard InChI is InChI=1S/C13H13FN2O2/c1-9(7-11-3-2-6-18-11)16-13(17)10-4-5-15-12(14)8-10/h2-6,8-9H,7H2,1H3,(H,16,17)/t9-/m0/s1. The number of hydrogen-bond acceptors (Lipinski definition) is 3. The van der Waals surface area contributed by atoms with Gasteiger partial charge < -0.3 is 9.73 Å². The molecule has 0 aliphatic carbocycles. The number of aromatic nitrogens is 1. The number of pyridine rings is 1. The third-order valence-corrected chi connectivity index (χ3v) is 2.45. The van der Waals surface area contributed by atoms with Crippen LogP contribution in [0.15, 0.2) is 41.1 Å². The Labute approximate surface area is 104 Å². The van der Waals surface area contributed by atoms with Crippen LogP contribution in [0.5, 0.6) is 0 Å². The second kappa shape index (κ2) is 5.44. The summed E-state index contributed by atoms with van der Waals surface area (Å²) in [4.78, 5) is 15.2. The predicted octanol–water partition coefficient (Wildman–Crippen LogP) is 2.17. The van der Waals surface area contributed by atoms with Crippen LogP contribution in [0.25, 0.3) is 0 Å². The third kappa shape index (κ3) is 3.16. The van der Waals surface area contributed by atoms with Crippen LogP contribution in [-0.4, -0.2) is 16.9 Å². The largest absolute Gasteiger partial charge is 0.469 e. The molecule has 0 spiro atoms. The number of nitrogens with zero attached hydrogens (tertiary/aromatic N) is 1. The molecule has 18 heavy (non-hydrogen) atoms. The maximum atomic E-state index is 12.9. The highest BCUT2D eigenvalue weighted by molar-refractivity contribution is 5.94. The Morgan fingerprint density at radius 1 is 1.56 bits per heavy atom. The normalized spacial score (nSPS) is 12.1. The minimum Gasteiger partial charge on any atom is -0.469 e. The Bertz CT molecular complexity index is 526. The van der Waals surface area contributed by atoms with E-state index in [1.165, 1.54) is 12.3 Å². The fourth-order valence-electron chi connectivity index (χ4n) is 1.63. The highest BCUT2D eigenvalue weighted by Gasteiger charge is 2.12. The lowest BCUT2D eigenvalue weighted by Gasteiger charge is -2.12. The van der Waals surface area contributed by atoms with Crippen molar-refractivity contribution in [1.82, 2.24) is 10.3 Å². The highest BCUT2D eigenvalue weighted by atomic mass is 19.1. The van der Waals surface area contributed by atoms with Crippen molar-refractivity contribution >= 4 is 5.91 Å². The van der Waals surface area contributed by atoms with E-state index >= 15 is 0 Å². The molecular formula is C13H13FN2O2. The highest BCUT2D eigenvalue weighted by Crippen LogP contribution is 2.05. The van der Waals surface area contributed by atoms with E-state index in [4.69, 9.17) is 4.42 Å². The zero-order valence-corrected chi connectivity index (χ0v) is 9.89. The van der Waals surface area contributed by atoms with Crippen molar-refractivity contribution in [2.24, 2.45) is 0 Å². The van der Waals surface area contributed by atoms with Crippen molar-refractivity contribution < 1.29 is 13.6 Å². The second-order valence-corrected chi connectivity index (χ2v) is 4.03. The minimum atomic E-state index is -0.665. The summed E-state index contributed by atoms with van der Waals surface area (Å²) in [6.07, 6.45) is 3.44. The smallest absolute Gasteiger partial charge is 0.251 e. The van der Waals surface area contributed by atoms with Gasteiger partial charge in [0, 0.05) is 30.3 Å². The average Bonchev–Trinajstić information content (AvgIpc) is 2.81. The molecule has 2 aromatic rings. The summed E-state index contributed by atoms with van der Waals surface area (Å²) in [5, 5.41) is 2.77. The van der Waals surface area contributed by atoms with Gasteiger partial charge in [0.05, 0.1) is 6.26 Å². The van der Waals surface area contributed by atoms with E-state index in [0.717, 1.165) is 11.8 Å². The quantitative estimate of drug-likeness (QED) is 0.844. The molecule has 1 amide bonds. The zero-order chi connectivity index (χ0) is 13.0. The lowest BCUT2D eigenvalue weighted by Crippen LogP contribution is -2.34. The molecule has 0 saturated carbocycles. The summed E-state index contributed by atoms with van der Waals surface area (Å²) in [7, 11) is 0. The number of nitrogens with one attached hydrogen (secondary N) is 1. The van der Waals surface area contributed by atoms with E-state index in [1.807, 2.05) is 13.0 Å². The van der Waals surface area contributed by atoms with E-state index in [2.05, 4.69) is 10.3 Å². The first-order valence-corrected chi connectivity index (χ1v) is 5.60. The van der Waals surface area contributed by atoms with Gasteiger partial charge in [-0.25, -0.2) is 4.98 Å². The Morgan fingerprint density at radius 2 is 2.39 bits per heavy atom. The number of furan rings is 1. The lowest BCUT2D eigenvalue weighted by atomic mass is 10.1. The molecule has 1 atom stereocenters. The van der Waals surface area contributed by atoms with Gasteiger partial charge in [-0.3, -0.25) is 4.79 Å². The van der Waals surface area contributed by atoms with Crippen molar-refractivity contribution in [3.8, 4) is 0 Å². The number of carbonyl (C=O) groups excluding carboxylic acids is 1. The van der Waals surface area contributed by atoms with Crippen LogP contribution in [0.3, 0.4) is 0 Å². The molecule has 4 nitrogen and oxygen atoms in total. The molecule has 94 valence electrons. The zero-order valence-electron chi connectivity index (χ0n) is 9.89. The molecule has 0 aliphatic heterocycles. The van der Waals surface area contributed by atoms with Crippen LogP contribution in [0.2, 0.25) is 0 Å². The number of halogens is 1. The van der Waals surface area contributed by atoms with Crippen LogP contribution in [-0.2, 0) is 6.42 Å². The SMILES string of the molecule is C[C@@H](Cc1ccco1)NC(=O)c1ccnc(F)c1. The van der Waals surface area contributed by atoms with E-state index in [9.17, 15) is 9.18 Å². The lowest BCUT2D eigenvalue weighted by molar-refractivity contribution is 0.0938. The van der Waals surface area contributed by atoms with E-state index in [1.54, 1.807) is 12.3 Å². The molecule has 0 saturated heterocycles. The van der Waals surface area contributed by atoms with Crippen LogP contribution < -0.4 is 5.32 Å². The van der Waals surface area contributed by atoms with Crippen LogP contribution in [0, 0.1) is 5.95 Å². The molecule has 0 unspecified atom stereocenters. The molecular weight excluding hydrogens is 235 g/mol. The minimum absolute atomic E-state index is 0.0973. The van der Waals surface area contributed by atoms with Crippen molar-refractivity contribution in [3.05, 3.63) is 54.0 Å². The first-order valence-electron chi connectivity index (χ1n) is 5.60. The second-order valence-electron chi connectivity index (χ2n) is 4.03. The van der Waals surface area contributed by atoms with Gasteiger partial charge in [0.25, 0.3) is 5.91 Å². The van der Waals surface area contributed by atoms with Gasteiger partial charge in [-0.15, -0.1) is 0 Å². The maximum Gasteiger partial charge on any atom is 0.251 e.